The minimum Gasteiger partial charge on any atom is -0.289 e. The summed E-state index contributed by atoms with van der Waals surface area (Å²) >= 11 is 0. The third-order valence-electron chi connectivity index (χ3n) is 6.03. The Balaban J connectivity index is 1.86. The van der Waals surface area contributed by atoms with Gasteiger partial charge in [-0.3, -0.25) is 4.79 Å². The van der Waals surface area contributed by atoms with E-state index in [4.69, 9.17) is 0 Å². The molecule has 0 bridgehead atoms. The Morgan fingerprint density at radius 2 is 0.867 bits per heavy atom. The molecule has 0 amide bonds. The fourth-order valence-electron chi connectivity index (χ4n) is 4.70. The molecule has 0 aliphatic carbocycles. The molecule has 0 N–H and O–H groups in total. The van der Waals surface area contributed by atoms with E-state index in [1.165, 1.54) is 26.9 Å². The number of ketones is 1. The van der Waals surface area contributed by atoms with Crippen molar-refractivity contribution in [3.05, 3.63) is 120 Å². The smallest absolute Gasteiger partial charge is 0.193 e. The quantitative estimate of drug-likeness (QED) is 0.223. The van der Waals surface area contributed by atoms with Gasteiger partial charge in [-0.05, 0) is 49.2 Å². The highest BCUT2D eigenvalue weighted by atomic mass is 16.1. The van der Waals surface area contributed by atoms with Gasteiger partial charge in [0.25, 0.3) is 0 Å². The first-order valence-electron chi connectivity index (χ1n) is 10.2. The summed E-state index contributed by atoms with van der Waals surface area (Å²) in [7, 11) is 0. The summed E-state index contributed by atoms with van der Waals surface area (Å²) in [6.45, 7) is 0. The Bertz CT molecular complexity index is 1590. The van der Waals surface area contributed by atoms with E-state index >= 15 is 0 Å². The summed E-state index contributed by atoms with van der Waals surface area (Å²) < 4.78 is 0. The highest BCUT2D eigenvalue weighted by Crippen LogP contribution is 2.40. The molecule has 0 unspecified atom stereocenters. The van der Waals surface area contributed by atoms with Gasteiger partial charge in [0.1, 0.15) is 0 Å². The van der Waals surface area contributed by atoms with E-state index in [0.717, 1.165) is 21.7 Å². The largest absolute Gasteiger partial charge is 0.289 e. The maximum absolute atomic E-state index is 13.5. The van der Waals surface area contributed by atoms with Gasteiger partial charge in [-0.15, -0.1) is 0 Å². The molecule has 0 aliphatic rings. The molecule has 6 aromatic rings. The maximum Gasteiger partial charge on any atom is 0.193 e. The molecule has 0 saturated carbocycles. The van der Waals surface area contributed by atoms with Gasteiger partial charge in [-0.25, -0.2) is 0 Å². The van der Waals surface area contributed by atoms with Crippen LogP contribution in [0.1, 0.15) is 15.9 Å². The number of hydrogen-bond donors (Lipinski definition) is 0. The van der Waals surface area contributed by atoms with Crippen molar-refractivity contribution in [2.45, 2.75) is 0 Å². The number of benzene rings is 6. The van der Waals surface area contributed by atoms with Crippen molar-refractivity contribution in [3.63, 3.8) is 0 Å². The summed E-state index contributed by atoms with van der Waals surface area (Å²) in [5, 5.41) is 9.32. The number of fused-ring (bicyclic) bond motifs is 8. The maximum atomic E-state index is 13.5. The zero-order valence-corrected chi connectivity index (χ0v) is 16.3. The first-order chi connectivity index (χ1) is 14.8. The molecule has 0 atom stereocenters. The monoisotopic (exact) mass is 382 g/mol. The van der Waals surface area contributed by atoms with Crippen molar-refractivity contribution >= 4 is 48.9 Å². The summed E-state index contributed by atoms with van der Waals surface area (Å²) in [6.07, 6.45) is 0. The van der Waals surface area contributed by atoms with E-state index in [1.807, 2.05) is 36.4 Å². The van der Waals surface area contributed by atoms with Crippen molar-refractivity contribution in [1.29, 1.82) is 0 Å². The van der Waals surface area contributed by atoms with Crippen molar-refractivity contribution in [2.75, 3.05) is 0 Å². The molecule has 0 heterocycles. The summed E-state index contributed by atoms with van der Waals surface area (Å²) in [6, 6.07) is 37.0. The van der Waals surface area contributed by atoms with Crippen molar-refractivity contribution in [3.8, 4) is 0 Å². The van der Waals surface area contributed by atoms with Crippen LogP contribution in [0.25, 0.3) is 43.1 Å². The highest BCUT2D eigenvalue weighted by molar-refractivity contribution is 6.34. The van der Waals surface area contributed by atoms with E-state index in [0.29, 0.717) is 5.56 Å². The molecule has 0 saturated heterocycles. The third kappa shape index (κ3) is 2.39. The van der Waals surface area contributed by atoms with Crippen LogP contribution >= 0.6 is 0 Å². The van der Waals surface area contributed by atoms with Gasteiger partial charge in [0.05, 0.1) is 0 Å². The molecule has 1 heteroatoms. The average Bonchev–Trinajstić information content (AvgIpc) is 2.83. The SMILES string of the molecule is O=C(c1ccccc1)c1cc2c3ccccc3c3ccccc3c2c2ccccc12. The predicted molar refractivity (Wildman–Crippen MR) is 126 cm³/mol. The molecule has 0 spiro atoms. The van der Waals surface area contributed by atoms with Crippen molar-refractivity contribution in [2.24, 2.45) is 0 Å². The van der Waals surface area contributed by atoms with Crippen LogP contribution < -0.4 is 0 Å². The van der Waals surface area contributed by atoms with Gasteiger partial charge in [-0.1, -0.05) is 103 Å². The van der Waals surface area contributed by atoms with Crippen LogP contribution in [0.15, 0.2) is 109 Å². The molecule has 6 aromatic carbocycles. The fraction of sp³-hybridized carbons (Fsp3) is 0. The number of rotatable bonds is 2. The molecule has 6 rings (SSSR count). The molecular formula is C29H18O. The summed E-state index contributed by atoms with van der Waals surface area (Å²) in [4.78, 5) is 13.5. The molecule has 140 valence electrons. The lowest BCUT2D eigenvalue weighted by molar-refractivity contribution is 0.104. The van der Waals surface area contributed by atoms with Crippen molar-refractivity contribution < 1.29 is 4.79 Å². The topological polar surface area (TPSA) is 17.1 Å². The molecular weight excluding hydrogens is 364 g/mol. The lowest BCUT2D eigenvalue weighted by Gasteiger charge is -2.15. The first kappa shape index (κ1) is 16.9. The average molecular weight is 382 g/mol. The lowest BCUT2D eigenvalue weighted by Crippen LogP contribution is -2.02. The number of hydrogen-bond acceptors (Lipinski definition) is 1. The van der Waals surface area contributed by atoms with Gasteiger partial charge in [0.2, 0.25) is 0 Å². The number of carbonyl (C=O) groups is 1. The molecule has 0 aromatic heterocycles. The van der Waals surface area contributed by atoms with Gasteiger partial charge < -0.3 is 0 Å². The van der Waals surface area contributed by atoms with E-state index in [-0.39, 0.29) is 5.78 Å². The number of carbonyl (C=O) groups excluding carboxylic acids is 1. The van der Waals surface area contributed by atoms with Gasteiger partial charge in [0.15, 0.2) is 5.78 Å². The second kappa shape index (κ2) is 6.53. The van der Waals surface area contributed by atoms with Crippen LogP contribution in [0, 0.1) is 0 Å². The lowest BCUT2D eigenvalue weighted by atomic mass is 9.87. The van der Waals surface area contributed by atoms with Gasteiger partial charge in [0, 0.05) is 11.1 Å². The second-order valence-corrected chi connectivity index (χ2v) is 7.68. The van der Waals surface area contributed by atoms with Crippen LogP contribution in [-0.2, 0) is 0 Å². The van der Waals surface area contributed by atoms with E-state index < -0.39 is 0 Å². The molecule has 0 radical (unpaired) electrons. The zero-order chi connectivity index (χ0) is 20.1. The van der Waals surface area contributed by atoms with Crippen LogP contribution in [-0.4, -0.2) is 5.78 Å². The minimum atomic E-state index is 0.0611. The van der Waals surface area contributed by atoms with Crippen molar-refractivity contribution in [1.82, 2.24) is 0 Å². The Hall–Kier alpha value is -3.97. The summed E-state index contributed by atoms with van der Waals surface area (Å²) in [5.74, 6) is 0.0611. The fourth-order valence-corrected chi connectivity index (χ4v) is 4.70. The van der Waals surface area contributed by atoms with Gasteiger partial charge in [-0.2, -0.15) is 0 Å². The molecule has 0 fully saturated rings. The van der Waals surface area contributed by atoms with Crippen LogP contribution in [0.4, 0.5) is 0 Å². The van der Waals surface area contributed by atoms with Crippen LogP contribution in [0.3, 0.4) is 0 Å². The second-order valence-electron chi connectivity index (χ2n) is 7.68. The Morgan fingerprint density at radius 3 is 1.50 bits per heavy atom. The van der Waals surface area contributed by atoms with E-state index in [2.05, 4.69) is 72.8 Å². The van der Waals surface area contributed by atoms with Crippen LogP contribution in [0.5, 0.6) is 0 Å². The minimum absolute atomic E-state index is 0.0611. The third-order valence-corrected chi connectivity index (χ3v) is 6.03. The van der Waals surface area contributed by atoms with Gasteiger partial charge >= 0.3 is 0 Å². The van der Waals surface area contributed by atoms with E-state index in [9.17, 15) is 4.79 Å². The van der Waals surface area contributed by atoms with E-state index in [1.54, 1.807) is 0 Å². The molecule has 0 aliphatic heterocycles. The Kier molecular flexibility index (Phi) is 3.69. The normalized spacial score (nSPS) is 11.5. The predicted octanol–water partition coefficient (Wildman–Crippen LogP) is 7.53. The van der Waals surface area contributed by atoms with Crippen LogP contribution in [0.2, 0.25) is 0 Å². The Labute approximate surface area is 174 Å². The summed E-state index contributed by atoms with van der Waals surface area (Å²) in [5.41, 5.74) is 1.47. The molecule has 1 nitrogen and oxygen atoms in total. The standard InChI is InChI=1S/C29H18O/c30-29(19-10-2-1-3-11-19)27-18-26-22-14-5-4-12-20(22)21-13-6-8-16-24(21)28(26)25-17-9-7-15-23(25)27/h1-18H. The zero-order valence-electron chi connectivity index (χ0n) is 16.3. The highest BCUT2D eigenvalue weighted by Gasteiger charge is 2.18. The molecule has 30 heavy (non-hydrogen) atoms. The first-order valence-corrected chi connectivity index (χ1v) is 10.2. The Morgan fingerprint density at radius 1 is 0.433 bits per heavy atom.